The highest BCUT2D eigenvalue weighted by Gasteiger charge is 2.03. The number of nitrogens with one attached hydrogen (secondary N) is 1. The van der Waals surface area contributed by atoms with Crippen molar-refractivity contribution in [3.63, 3.8) is 0 Å². The van der Waals surface area contributed by atoms with Crippen molar-refractivity contribution in [3.8, 4) is 0 Å². The summed E-state index contributed by atoms with van der Waals surface area (Å²) in [6, 6.07) is 9.89. The smallest absolute Gasteiger partial charge is 0.0918 e. The second kappa shape index (κ2) is 7.05. The van der Waals surface area contributed by atoms with Crippen molar-refractivity contribution in [2.24, 2.45) is 4.99 Å². The molecule has 76 valence electrons. The lowest BCUT2D eigenvalue weighted by molar-refractivity contribution is 0.867. The SMILES string of the molecule is CC.CC(C)c1ccccc1N=C=N. The molecule has 14 heavy (non-hydrogen) atoms. The van der Waals surface area contributed by atoms with Crippen LogP contribution in [0.2, 0.25) is 0 Å². The molecule has 0 aromatic heterocycles. The fourth-order valence-corrected chi connectivity index (χ4v) is 1.14. The van der Waals surface area contributed by atoms with Crippen LogP contribution in [0.1, 0.15) is 39.2 Å². The van der Waals surface area contributed by atoms with Gasteiger partial charge in [-0.2, -0.15) is 4.99 Å². The van der Waals surface area contributed by atoms with Crippen LogP contribution in [0.15, 0.2) is 29.3 Å². The Kier molecular flexibility index (Phi) is 6.34. The summed E-state index contributed by atoms with van der Waals surface area (Å²) in [5.74, 6) is 0.443. The van der Waals surface area contributed by atoms with Gasteiger partial charge in [0.15, 0.2) is 0 Å². The molecule has 0 aliphatic rings. The Labute approximate surface area is 86.2 Å². The lowest BCUT2D eigenvalue weighted by atomic mass is 10.0. The Balaban J connectivity index is 0.000000791. The van der Waals surface area contributed by atoms with Gasteiger partial charge < -0.3 is 0 Å². The van der Waals surface area contributed by atoms with E-state index >= 15 is 0 Å². The van der Waals surface area contributed by atoms with Gasteiger partial charge in [-0.05, 0) is 17.5 Å². The van der Waals surface area contributed by atoms with Crippen molar-refractivity contribution in [1.82, 2.24) is 0 Å². The highest BCUT2D eigenvalue weighted by atomic mass is 14.7. The first kappa shape index (κ1) is 12.6. The minimum atomic E-state index is 0.443. The van der Waals surface area contributed by atoms with Gasteiger partial charge in [0.1, 0.15) is 0 Å². The molecule has 0 aliphatic carbocycles. The number of benzene rings is 1. The third-order valence-corrected chi connectivity index (χ3v) is 1.74. The molecule has 1 N–H and O–H groups in total. The molecular weight excluding hydrogens is 172 g/mol. The standard InChI is InChI=1S/C10H12N2.C2H6/c1-8(2)9-5-3-4-6-10(9)12-7-11;1-2/h3-6,8,11H,1-2H3;1-2H3. The molecule has 0 heterocycles. The quantitative estimate of drug-likeness (QED) is 0.678. The van der Waals surface area contributed by atoms with E-state index in [0.717, 1.165) is 11.3 Å². The van der Waals surface area contributed by atoms with Gasteiger partial charge >= 0.3 is 0 Å². The van der Waals surface area contributed by atoms with Crippen LogP contribution in [0.4, 0.5) is 5.69 Å². The highest BCUT2D eigenvalue weighted by molar-refractivity contribution is 5.55. The van der Waals surface area contributed by atoms with Crippen molar-refractivity contribution in [2.45, 2.75) is 33.6 Å². The van der Waals surface area contributed by atoms with Crippen molar-refractivity contribution in [2.75, 3.05) is 0 Å². The van der Waals surface area contributed by atoms with Crippen molar-refractivity contribution >= 4 is 11.7 Å². The molecule has 1 aromatic carbocycles. The highest BCUT2D eigenvalue weighted by Crippen LogP contribution is 2.25. The van der Waals surface area contributed by atoms with Gasteiger partial charge in [0.25, 0.3) is 0 Å². The van der Waals surface area contributed by atoms with E-state index in [1.165, 1.54) is 0 Å². The molecule has 0 saturated carbocycles. The maximum atomic E-state index is 6.76. The van der Waals surface area contributed by atoms with Crippen LogP contribution in [-0.2, 0) is 0 Å². The van der Waals surface area contributed by atoms with Gasteiger partial charge in [-0.1, -0.05) is 45.9 Å². The van der Waals surface area contributed by atoms with E-state index in [9.17, 15) is 0 Å². The van der Waals surface area contributed by atoms with Gasteiger partial charge in [0.2, 0.25) is 0 Å². The maximum Gasteiger partial charge on any atom is 0.0918 e. The predicted molar refractivity (Wildman–Crippen MR) is 61.7 cm³/mol. The lowest BCUT2D eigenvalue weighted by Crippen LogP contribution is -1.86. The zero-order valence-electron chi connectivity index (χ0n) is 9.33. The third kappa shape index (κ3) is 3.55. The second-order valence-corrected chi connectivity index (χ2v) is 2.94. The number of hydrogen-bond donors (Lipinski definition) is 1. The Hall–Kier alpha value is -1.40. The van der Waals surface area contributed by atoms with E-state index < -0.39 is 0 Å². The Morgan fingerprint density at radius 1 is 1.21 bits per heavy atom. The van der Waals surface area contributed by atoms with E-state index in [4.69, 9.17) is 5.41 Å². The number of aliphatic imine (C=N–C) groups is 1. The fourth-order valence-electron chi connectivity index (χ4n) is 1.14. The molecule has 0 saturated heterocycles. The molecular formula is C12H18N2. The summed E-state index contributed by atoms with van der Waals surface area (Å²) in [7, 11) is 0. The first-order valence-corrected chi connectivity index (χ1v) is 4.97. The summed E-state index contributed by atoms with van der Waals surface area (Å²) in [4.78, 5) is 3.84. The lowest BCUT2D eigenvalue weighted by Gasteiger charge is -2.06. The monoisotopic (exact) mass is 190 g/mol. The van der Waals surface area contributed by atoms with Crippen LogP contribution in [0.5, 0.6) is 0 Å². The molecule has 1 rings (SSSR count). The van der Waals surface area contributed by atoms with E-state index in [1.54, 1.807) is 0 Å². The summed E-state index contributed by atoms with van der Waals surface area (Å²) in [5.41, 5.74) is 2.01. The molecule has 1 aromatic rings. The number of nitrogens with zero attached hydrogens (tertiary/aromatic N) is 1. The van der Waals surface area contributed by atoms with Crippen molar-refractivity contribution in [3.05, 3.63) is 29.8 Å². The summed E-state index contributed by atoms with van der Waals surface area (Å²) in [5, 5.41) is 6.76. The number of rotatable bonds is 2. The Morgan fingerprint density at radius 2 is 1.79 bits per heavy atom. The third-order valence-electron chi connectivity index (χ3n) is 1.74. The molecule has 2 nitrogen and oxygen atoms in total. The van der Waals surface area contributed by atoms with Crippen LogP contribution in [0, 0.1) is 5.41 Å². The predicted octanol–water partition coefficient (Wildman–Crippen LogP) is 4.22. The van der Waals surface area contributed by atoms with Gasteiger partial charge in [-0.3, -0.25) is 0 Å². The molecule has 0 radical (unpaired) electrons. The fraction of sp³-hybridized carbons (Fsp3) is 0.417. The van der Waals surface area contributed by atoms with Crippen LogP contribution < -0.4 is 0 Å². The molecule has 0 fully saturated rings. The van der Waals surface area contributed by atoms with E-state index in [1.807, 2.05) is 38.1 Å². The molecule has 0 aliphatic heterocycles. The second-order valence-electron chi connectivity index (χ2n) is 2.94. The van der Waals surface area contributed by atoms with Crippen LogP contribution >= 0.6 is 0 Å². The first-order valence-electron chi connectivity index (χ1n) is 4.97. The van der Waals surface area contributed by atoms with Gasteiger partial charge in [0.05, 0.1) is 11.7 Å². The topological polar surface area (TPSA) is 36.2 Å². The Morgan fingerprint density at radius 3 is 2.29 bits per heavy atom. The molecule has 0 unspecified atom stereocenters. The zero-order chi connectivity index (χ0) is 11.0. The molecule has 0 spiro atoms. The molecule has 2 heteroatoms. The van der Waals surface area contributed by atoms with Gasteiger partial charge in [-0.15, -0.1) is 0 Å². The minimum absolute atomic E-state index is 0.443. The normalized spacial score (nSPS) is 8.64. The number of para-hydroxylation sites is 1. The van der Waals surface area contributed by atoms with Crippen molar-refractivity contribution in [1.29, 1.82) is 5.41 Å². The van der Waals surface area contributed by atoms with Crippen LogP contribution in [-0.4, -0.2) is 6.01 Å². The molecule has 0 atom stereocenters. The van der Waals surface area contributed by atoms with E-state index in [-0.39, 0.29) is 0 Å². The Bertz CT molecular complexity index is 310. The average Bonchev–Trinajstić information content (AvgIpc) is 2.22. The summed E-state index contributed by atoms with van der Waals surface area (Å²) >= 11 is 0. The first-order chi connectivity index (χ1) is 6.75. The summed E-state index contributed by atoms with van der Waals surface area (Å²) in [6.07, 6.45) is 0. The maximum absolute atomic E-state index is 6.76. The average molecular weight is 190 g/mol. The van der Waals surface area contributed by atoms with Crippen LogP contribution in [0.3, 0.4) is 0 Å². The van der Waals surface area contributed by atoms with Crippen LogP contribution in [0.25, 0.3) is 0 Å². The molecule has 0 bridgehead atoms. The summed E-state index contributed by atoms with van der Waals surface area (Å²) < 4.78 is 0. The minimum Gasteiger partial charge on any atom is -0.241 e. The van der Waals surface area contributed by atoms with Crippen molar-refractivity contribution < 1.29 is 0 Å². The molecule has 0 amide bonds. The summed E-state index contributed by atoms with van der Waals surface area (Å²) in [6.45, 7) is 8.22. The zero-order valence-corrected chi connectivity index (χ0v) is 9.33. The van der Waals surface area contributed by atoms with E-state index in [2.05, 4.69) is 24.8 Å². The number of hydrogen-bond acceptors (Lipinski definition) is 2. The van der Waals surface area contributed by atoms with E-state index in [0.29, 0.717) is 5.92 Å². The van der Waals surface area contributed by atoms with Gasteiger partial charge in [0, 0.05) is 0 Å². The largest absolute Gasteiger partial charge is 0.241 e. The van der Waals surface area contributed by atoms with Gasteiger partial charge in [-0.25, -0.2) is 5.41 Å².